The van der Waals surface area contributed by atoms with Crippen LogP contribution in [0.25, 0.3) is 5.57 Å². The Labute approximate surface area is 207 Å². The van der Waals surface area contributed by atoms with E-state index in [0.717, 1.165) is 42.9 Å². The summed E-state index contributed by atoms with van der Waals surface area (Å²) in [6, 6.07) is 0. The lowest BCUT2D eigenvalue weighted by Gasteiger charge is -2.31. The number of fused-ring (bicyclic) bond motifs is 1. The Balaban J connectivity index is 1.37. The first-order valence-corrected chi connectivity index (χ1v) is 13.4. The lowest BCUT2D eigenvalue weighted by atomic mass is 10.1. The molecule has 0 aromatic carbocycles. The molecule has 4 heterocycles. The van der Waals surface area contributed by atoms with E-state index in [-0.39, 0.29) is 6.61 Å². The minimum atomic E-state index is -1.19. The number of nitrogens with one attached hydrogen (secondary N) is 1. The van der Waals surface area contributed by atoms with Crippen LogP contribution >= 0.6 is 0 Å². The summed E-state index contributed by atoms with van der Waals surface area (Å²) in [5.74, 6) is 3.13. The number of amides is 1. The average molecular weight is 498 g/mol. The number of carbonyl (C=O) groups is 1. The minimum Gasteiger partial charge on any atom is -0.447 e. The van der Waals surface area contributed by atoms with Crippen LogP contribution in [0.15, 0.2) is 23.4 Å². The fourth-order valence-corrected chi connectivity index (χ4v) is 5.72. The smallest absolute Gasteiger partial charge is 0.404 e. The van der Waals surface area contributed by atoms with Gasteiger partial charge in [-0.05, 0) is 63.0 Å². The standard InChI is InChI=1S/C24H31N7O3S/c1-24(2,14-34-22(25)32)30-21-19-18(4-3-11-35(19)33)28-23(29-21)31-9-7-16(8-10-31)20-26-12-17(13-27-20)15-5-6-15/h7,12-13,15H,3-6,8-11,14H2,1-2H3,(H2,25,32)(H,28,29,30)/t35-/m1/s1. The van der Waals surface area contributed by atoms with Crippen LogP contribution in [0.3, 0.4) is 0 Å². The molecule has 11 heteroatoms. The van der Waals surface area contributed by atoms with E-state index >= 15 is 0 Å². The zero-order valence-corrected chi connectivity index (χ0v) is 20.9. The van der Waals surface area contributed by atoms with E-state index in [4.69, 9.17) is 20.4 Å². The molecule has 5 rings (SSSR count). The normalized spacial score (nSPS) is 20.1. The maximum atomic E-state index is 12.9. The molecule has 0 spiro atoms. The summed E-state index contributed by atoms with van der Waals surface area (Å²) in [6.45, 7) is 5.17. The predicted octanol–water partition coefficient (Wildman–Crippen LogP) is 2.78. The van der Waals surface area contributed by atoms with Gasteiger partial charge in [-0.3, -0.25) is 4.21 Å². The first-order chi connectivity index (χ1) is 16.8. The van der Waals surface area contributed by atoms with Crippen molar-refractivity contribution >= 4 is 34.2 Å². The number of anilines is 2. The number of ether oxygens (including phenoxy) is 1. The molecular formula is C24H31N7O3S. The van der Waals surface area contributed by atoms with E-state index in [1.807, 2.05) is 26.2 Å². The Bertz CT molecular complexity index is 1180. The molecule has 1 saturated carbocycles. The fraction of sp³-hybridized carbons (Fsp3) is 0.542. The second kappa shape index (κ2) is 9.52. The van der Waals surface area contributed by atoms with Crippen molar-refractivity contribution < 1.29 is 13.7 Å². The molecule has 10 nitrogen and oxygen atoms in total. The molecule has 3 N–H and O–H groups in total. The number of primary amides is 1. The van der Waals surface area contributed by atoms with E-state index in [0.29, 0.717) is 34.9 Å². The van der Waals surface area contributed by atoms with Crippen LogP contribution in [0.4, 0.5) is 16.6 Å². The zero-order chi connectivity index (χ0) is 24.6. The maximum absolute atomic E-state index is 12.9. The highest BCUT2D eigenvalue weighted by Gasteiger charge is 2.30. The summed E-state index contributed by atoms with van der Waals surface area (Å²) < 4.78 is 17.9. The summed E-state index contributed by atoms with van der Waals surface area (Å²) in [7, 11) is -1.19. The van der Waals surface area contributed by atoms with E-state index in [2.05, 4.69) is 26.3 Å². The Morgan fingerprint density at radius 3 is 2.69 bits per heavy atom. The van der Waals surface area contributed by atoms with Crippen LogP contribution in [-0.2, 0) is 22.0 Å². The molecule has 2 aromatic heterocycles. The zero-order valence-electron chi connectivity index (χ0n) is 20.1. The van der Waals surface area contributed by atoms with Crippen LogP contribution in [0.5, 0.6) is 0 Å². The lowest BCUT2D eigenvalue weighted by molar-refractivity contribution is 0.138. The van der Waals surface area contributed by atoms with Gasteiger partial charge in [-0.15, -0.1) is 0 Å². The Kier molecular flexibility index (Phi) is 6.43. The van der Waals surface area contributed by atoms with Gasteiger partial charge in [-0.1, -0.05) is 6.08 Å². The largest absolute Gasteiger partial charge is 0.447 e. The Hall–Kier alpha value is -3.08. The van der Waals surface area contributed by atoms with Gasteiger partial charge < -0.3 is 20.7 Å². The van der Waals surface area contributed by atoms with Gasteiger partial charge in [0.05, 0.1) is 22.0 Å². The van der Waals surface area contributed by atoms with E-state index in [9.17, 15) is 9.00 Å². The number of nitrogens with zero attached hydrogens (tertiary/aromatic N) is 5. The molecule has 186 valence electrons. The SMILES string of the molecule is CC(C)(COC(N)=O)Nc1nc(N2CC=C(c3ncc(C4CC4)cn3)CC2)nc2c1[S@](=O)CCC2. The van der Waals surface area contributed by atoms with Gasteiger partial charge >= 0.3 is 6.09 Å². The lowest BCUT2D eigenvalue weighted by Crippen LogP contribution is -2.39. The van der Waals surface area contributed by atoms with Crippen molar-refractivity contribution in [2.45, 2.75) is 62.3 Å². The Morgan fingerprint density at radius 1 is 1.26 bits per heavy atom. The maximum Gasteiger partial charge on any atom is 0.404 e. The summed E-state index contributed by atoms with van der Waals surface area (Å²) in [5.41, 5.74) is 7.65. The molecule has 2 aliphatic heterocycles. The van der Waals surface area contributed by atoms with Gasteiger partial charge in [0.2, 0.25) is 5.95 Å². The van der Waals surface area contributed by atoms with E-state index in [1.165, 1.54) is 18.4 Å². The monoisotopic (exact) mass is 497 g/mol. The van der Waals surface area contributed by atoms with Crippen molar-refractivity contribution in [3.8, 4) is 0 Å². The van der Waals surface area contributed by atoms with Gasteiger partial charge in [0.15, 0.2) is 5.82 Å². The van der Waals surface area contributed by atoms with Crippen molar-refractivity contribution in [2.75, 3.05) is 35.7 Å². The van der Waals surface area contributed by atoms with Gasteiger partial charge in [0, 0.05) is 31.2 Å². The third-order valence-electron chi connectivity index (χ3n) is 6.43. The topological polar surface area (TPSA) is 136 Å². The molecule has 0 unspecified atom stereocenters. The molecule has 0 radical (unpaired) electrons. The highest BCUT2D eigenvalue weighted by atomic mass is 32.2. The van der Waals surface area contributed by atoms with Crippen molar-refractivity contribution in [3.63, 3.8) is 0 Å². The molecule has 35 heavy (non-hydrogen) atoms. The average Bonchev–Trinajstić information content (AvgIpc) is 3.68. The summed E-state index contributed by atoms with van der Waals surface area (Å²) in [5, 5.41) is 3.33. The van der Waals surface area contributed by atoms with Gasteiger partial charge in [0.1, 0.15) is 17.3 Å². The highest BCUT2D eigenvalue weighted by molar-refractivity contribution is 7.85. The molecule has 1 atom stereocenters. The number of hydrogen-bond acceptors (Lipinski definition) is 9. The van der Waals surface area contributed by atoms with Crippen LogP contribution in [0.1, 0.15) is 62.5 Å². The molecular weight excluding hydrogens is 466 g/mol. The van der Waals surface area contributed by atoms with E-state index < -0.39 is 22.4 Å². The molecule has 0 bridgehead atoms. The van der Waals surface area contributed by atoms with Crippen LogP contribution in [0, 0.1) is 0 Å². The van der Waals surface area contributed by atoms with E-state index in [1.54, 1.807) is 0 Å². The van der Waals surface area contributed by atoms with Crippen molar-refractivity contribution in [1.82, 2.24) is 19.9 Å². The van der Waals surface area contributed by atoms with Gasteiger partial charge in [-0.25, -0.2) is 19.7 Å². The minimum absolute atomic E-state index is 0.0540. The quantitative estimate of drug-likeness (QED) is 0.591. The number of aryl methyl sites for hydroxylation is 1. The van der Waals surface area contributed by atoms with Crippen molar-refractivity contribution in [1.29, 1.82) is 0 Å². The molecule has 3 aliphatic rings. The highest BCUT2D eigenvalue weighted by Crippen LogP contribution is 2.39. The number of aromatic nitrogens is 4. The number of nitrogens with two attached hydrogens (primary N) is 1. The molecule has 1 fully saturated rings. The number of rotatable bonds is 7. The molecule has 0 saturated heterocycles. The molecule has 2 aromatic rings. The van der Waals surface area contributed by atoms with Crippen LogP contribution < -0.4 is 16.0 Å². The molecule has 1 amide bonds. The van der Waals surface area contributed by atoms with Crippen molar-refractivity contribution in [2.24, 2.45) is 5.73 Å². The number of hydrogen-bond donors (Lipinski definition) is 2. The third-order valence-corrected chi connectivity index (χ3v) is 7.97. The van der Waals surface area contributed by atoms with Gasteiger partial charge in [-0.2, -0.15) is 4.98 Å². The predicted molar refractivity (Wildman–Crippen MR) is 134 cm³/mol. The summed E-state index contributed by atoms with van der Waals surface area (Å²) in [6.07, 6.45) is 10.0. The Morgan fingerprint density at radius 2 is 2.03 bits per heavy atom. The first kappa shape index (κ1) is 23.7. The van der Waals surface area contributed by atoms with Gasteiger partial charge in [0.25, 0.3) is 0 Å². The summed E-state index contributed by atoms with van der Waals surface area (Å²) >= 11 is 0. The second-order valence-corrected chi connectivity index (χ2v) is 11.5. The fourth-order valence-electron chi connectivity index (χ4n) is 4.38. The van der Waals surface area contributed by atoms with Crippen molar-refractivity contribution in [3.05, 3.63) is 35.6 Å². The third kappa shape index (κ3) is 5.44. The second-order valence-electron chi connectivity index (χ2n) is 9.96. The summed E-state index contributed by atoms with van der Waals surface area (Å²) in [4.78, 5) is 32.6. The van der Waals surface area contributed by atoms with Crippen LogP contribution in [0.2, 0.25) is 0 Å². The van der Waals surface area contributed by atoms with Crippen LogP contribution in [-0.4, -0.2) is 61.2 Å². The number of carbonyl (C=O) groups excluding carboxylic acids is 1. The first-order valence-electron chi connectivity index (χ1n) is 12.0. The molecule has 1 aliphatic carbocycles.